The summed E-state index contributed by atoms with van der Waals surface area (Å²) in [5, 5.41) is 0. The summed E-state index contributed by atoms with van der Waals surface area (Å²) in [7, 11) is 0. The third kappa shape index (κ3) is 5.71. The third-order valence-electron chi connectivity index (χ3n) is 4.10. The Morgan fingerprint density at radius 3 is 2.38 bits per heavy atom. The van der Waals surface area contributed by atoms with E-state index < -0.39 is 0 Å². The lowest BCUT2D eigenvalue weighted by molar-refractivity contribution is -0.104. The van der Waals surface area contributed by atoms with Gasteiger partial charge in [0, 0.05) is 0 Å². The maximum atomic E-state index is 10.3. The van der Waals surface area contributed by atoms with E-state index in [9.17, 15) is 4.79 Å². The number of rotatable bonds is 5. The van der Waals surface area contributed by atoms with Crippen LogP contribution < -0.4 is 0 Å². The van der Waals surface area contributed by atoms with Crippen LogP contribution in [0.1, 0.15) is 53.9 Å². The zero-order chi connectivity index (χ0) is 15.9. The average Bonchev–Trinajstić information content (AvgIpc) is 2.37. The minimum absolute atomic E-state index is 0.290. The molecule has 0 saturated carbocycles. The van der Waals surface area contributed by atoms with Crippen LogP contribution in [0, 0.1) is 5.41 Å². The van der Waals surface area contributed by atoms with Crippen LogP contribution in [-0.2, 0) is 4.79 Å². The van der Waals surface area contributed by atoms with Crippen LogP contribution in [0.5, 0.6) is 0 Å². The Balaban J connectivity index is 2.80. The summed E-state index contributed by atoms with van der Waals surface area (Å²) in [4.78, 5) is 10.3. The first-order valence-electron chi connectivity index (χ1n) is 7.72. The molecule has 0 unspecified atom stereocenters. The fourth-order valence-electron chi connectivity index (χ4n) is 2.80. The van der Waals surface area contributed by atoms with Crippen molar-refractivity contribution in [1.82, 2.24) is 0 Å². The fraction of sp³-hybridized carbons (Fsp3) is 0.450. The molecule has 0 heterocycles. The predicted octanol–water partition coefficient (Wildman–Crippen LogP) is 5.72. The number of hydrogen-bond donors (Lipinski definition) is 0. The molecule has 1 rings (SSSR count). The first-order chi connectivity index (χ1) is 9.86. The van der Waals surface area contributed by atoms with Crippen LogP contribution in [-0.4, -0.2) is 6.29 Å². The molecule has 0 saturated heterocycles. The van der Waals surface area contributed by atoms with Crippen LogP contribution in [0.2, 0.25) is 0 Å². The molecule has 0 amide bonds. The van der Waals surface area contributed by atoms with E-state index >= 15 is 0 Å². The summed E-state index contributed by atoms with van der Waals surface area (Å²) in [5.74, 6) is 0. The van der Waals surface area contributed by atoms with Crippen molar-refractivity contribution in [1.29, 1.82) is 0 Å². The van der Waals surface area contributed by atoms with E-state index in [0.717, 1.165) is 11.9 Å². The molecule has 0 bridgehead atoms. The normalized spacial score (nSPS) is 20.6. The standard InChI is InChI=1S/C20H28O/c1-16(8-6-9-17(2)13-15-21)11-12-19-18(3)10-7-14-20(19,4)5/h6,8-9,11-13,15H,7,10,14H2,1-5H3/b9-6+,12-11-,16-8-,17-13-. The average molecular weight is 284 g/mol. The number of carbonyl (C=O) groups excluding carboxylic acids is 1. The fourth-order valence-corrected chi connectivity index (χ4v) is 2.80. The van der Waals surface area contributed by atoms with Crippen LogP contribution >= 0.6 is 0 Å². The van der Waals surface area contributed by atoms with Crippen LogP contribution in [0.3, 0.4) is 0 Å². The molecule has 0 aromatic carbocycles. The Bertz CT molecular complexity index is 522. The molecule has 0 fully saturated rings. The molecule has 0 aromatic rings. The molecule has 0 aromatic heterocycles. The summed E-state index contributed by atoms with van der Waals surface area (Å²) in [6.45, 7) is 10.9. The first kappa shape index (κ1) is 17.4. The van der Waals surface area contributed by atoms with Gasteiger partial charge in [-0.25, -0.2) is 0 Å². The van der Waals surface area contributed by atoms with Gasteiger partial charge in [0.15, 0.2) is 0 Å². The predicted molar refractivity (Wildman–Crippen MR) is 92.2 cm³/mol. The second-order valence-electron chi connectivity index (χ2n) is 6.58. The number of hydrogen-bond acceptors (Lipinski definition) is 1. The van der Waals surface area contributed by atoms with Gasteiger partial charge < -0.3 is 0 Å². The van der Waals surface area contributed by atoms with Gasteiger partial charge in [0.05, 0.1) is 0 Å². The highest BCUT2D eigenvalue weighted by Crippen LogP contribution is 2.40. The van der Waals surface area contributed by atoms with Crippen LogP contribution in [0.4, 0.5) is 0 Å². The van der Waals surface area contributed by atoms with E-state index in [4.69, 9.17) is 0 Å². The van der Waals surface area contributed by atoms with E-state index in [-0.39, 0.29) is 5.41 Å². The second kappa shape index (κ2) is 7.97. The maximum absolute atomic E-state index is 10.3. The molecular formula is C20H28O. The molecule has 0 N–H and O–H groups in total. The summed E-state index contributed by atoms with van der Waals surface area (Å²) >= 11 is 0. The topological polar surface area (TPSA) is 17.1 Å². The molecule has 0 atom stereocenters. The molecular weight excluding hydrogens is 256 g/mol. The smallest absolute Gasteiger partial charge is 0.143 e. The number of carbonyl (C=O) groups is 1. The van der Waals surface area contributed by atoms with Crippen molar-refractivity contribution in [3.05, 3.63) is 58.7 Å². The van der Waals surface area contributed by atoms with Crippen LogP contribution in [0.15, 0.2) is 58.7 Å². The molecule has 0 aliphatic heterocycles. The van der Waals surface area contributed by atoms with E-state index in [1.807, 2.05) is 19.1 Å². The second-order valence-corrected chi connectivity index (χ2v) is 6.58. The van der Waals surface area contributed by atoms with E-state index in [2.05, 4.69) is 45.9 Å². The lowest BCUT2D eigenvalue weighted by atomic mass is 9.72. The van der Waals surface area contributed by atoms with Gasteiger partial charge in [0.2, 0.25) is 0 Å². The van der Waals surface area contributed by atoms with E-state index in [1.165, 1.54) is 36.0 Å². The van der Waals surface area contributed by atoms with Crippen molar-refractivity contribution < 1.29 is 4.79 Å². The largest absolute Gasteiger partial charge is 0.299 e. The Kier molecular flexibility index (Phi) is 6.61. The van der Waals surface area contributed by atoms with Gasteiger partial charge in [-0.15, -0.1) is 0 Å². The molecule has 114 valence electrons. The van der Waals surface area contributed by atoms with Gasteiger partial charge in [0.1, 0.15) is 6.29 Å². The summed E-state index contributed by atoms with van der Waals surface area (Å²) in [6, 6.07) is 0. The number of aldehydes is 1. The van der Waals surface area contributed by atoms with Crippen molar-refractivity contribution in [2.45, 2.75) is 53.9 Å². The zero-order valence-corrected chi connectivity index (χ0v) is 14.1. The van der Waals surface area contributed by atoms with E-state index in [0.29, 0.717) is 0 Å². The van der Waals surface area contributed by atoms with Crippen molar-refractivity contribution in [2.75, 3.05) is 0 Å². The Hall–Kier alpha value is -1.63. The highest BCUT2D eigenvalue weighted by molar-refractivity contribution is 5.66. The quantitative estimate of drug-likeness (QED) is 0.358. The van der Waals surface area contributed by atoms with Gasteiger partial charge >= 0.3 is 0 Å². The molecule has 1 aliphatic rings. The molecule has 1 heteroatoms. The van der Waals surface area contributed by atoms with Crippen molar-refractivity contribution in [2.24, 2.45) is 5.41 Å². The van der Waals surface area contributed by atoms with Crippen molar-refractivity contribution >= 4 is 6.29 Å². The summed E-state index contributed by atoms with van der Waals surface area (Å²) < 4.78 is 0. The lowest BCUT2D eigenvalue weighted by Crippen LogP contribution is -2.19. The monoisotopic (exact) mass is 284 g/mol. The van der Waals surface area contributed by atoms with Gasteiger partial charge in [-0.2, -0.15) is 0 Å². The molecule has 1 nitrogen and oxygen atoms in total. The lowest BCUT2D eigenvalue weighted by Gasteiger charge is -2.32. The maximum Gasteiger partial charge on any atom is 0.143 e. The van der Waals surface area contributed by atoms with Gasteiger partial charge in [-0.3, -0.25) is 4.79 Å². The van der Waals surface area contributed by atoms with Crippen molar-refractivity contribution in [3.8, 4) is 0 Å². The minimum Gasteiger partial charge on any atom is -0.299 e. The molecule has 21 heavy (non-hydrogen) atoms. The van der Waals surface area contributed by atoms with Gasteiger partial charge in [-0.1, -0.05) is 55.4 Å². The van der Waals surface area contributed by atoms with Crippen molar-refractivity contribution in [3.63, 3.8) is 0 Å². The minimum atomic E-state index is 0.290. The Labute approximate surface area is 129 Å². The SMILES string of the molecule is CC1=C(\C=C/C(C)=C\C=C\C(C)=C/C=O)C(C)(C)CCC1. The molecule has 1 aliphatic carbocycles. The van der Waals surface area contributed by atoms with Gasteiger partial charge in [0.25, 0.3) is 0 Å². The zero-order valence-electron chi connectivity index (χ0n) is 14.1. The Morgan fingerprint density at radius 1 is 1.10 bits per heavy atom. The molecule has 0 radical (unpaired) electrons. The Morgan fingerprint density at radius 2 is 1.76 bits per heavy atom. The third-order valence-corrected chi connectivity index (χ3v) is 4.10. The summed E-state index contributed by atoms with van der Waals surface area (Å²) in [5.41, 5.74) is 5.48. The number of allylic oxidation sites excluding steroid dienone is 10. The highest BCUT2D eigenvalue weighted by atomic mass is 16.1. The summed E-state index contributed by atoms with van der Waals surface area (Å²) in [6.07, 6.45) is 16.6. The molecule has 0 spiro atoms. The van der Waals surface area contributed by atoms with Gasteiger partial charge in [-0.05, 0) is 62.7 Å². The van der Waals surface area contributed by atoms with E-state index in [1.54, 1.807) is 6.08 Å². The first-order valence-corrected chi connectivity index (χ1v) is 7.72. The van der Waals surface area contributed by atoms with Crippen LogP contribution in [0.25, 0.3) is 0 Å². The highest BCUT2D eigenvalue weighted by Gasteiger charge is 2.26.